The van der Waals surface area contributed by atoms with Crippen molar-refractivity contribution in [1.82, 2.24) is 9.29 Å². The van der Waals surface area contributed by atoms with Gasteiger partial charge in [0.2, 0.25) is 10.0 Å². The van der Waals surface area contributed by atoms with Crippen LogP contribution in [0.2, 0.25) is 5.15 Å². The number of aromatic nitrogens is 1. The maximum atomic E-state index is 12.3. The molecule has 0 spiro atoms. The highest BCUT2D eigenvalue weighted by atomic mass is 35.5. The minimum Gasteiger partial charge on any atom is -0.367 e. The van der Waals surface area contributed by atoms with E-state index in [4.69, 9.17) is 11.6 Å². The molecule has 7 heteroatoms. The van der Waals surface area contributed by atoms with E-state index >= 15 is 0 Å². The first-order valence-electron chi connectivity index (χ1n) is 8.35. The van der Waals surface area contributed by atoms with Crippen LogP contribution in [0.5, 0.6) is 0 Å². The standard InChI is InChI=1S/C17H20ClN3O2S/c18-17-15-4-2-1-3-12(15)11-16(20-17)19-13-7-9-21(10-8-13)24(22,23)14-5-6-14/h1-4,11,13-14H,5-10H2,(H,19,20). The largest absolute Gasteiger partial charge is 0.367 e. The number of piperidine rings is 1. The van der Waals surface area contributed by atoms with Crippen LogP contribution < -0.4 is 5.32 Å². The fourth-order valence-electron chi connectivity index (χ4n) is 3.27. The molecule has 128 valence electrons. The maximum Gasteiger partial charge on any atom is 0.216 e. The average Bonchev–Trinajstić information content (AvgIpc) is 3.41. The molecule has 1 aromatic heterocycles. The number of benzene rings is 1. The van der Waals surface area contributed by atoms with Gasteiger partial charge in [-0.25, -0.2) is 17.7 Å². The van der Waals surface area contributed by atoms with E-state index < -0.39 is 10.0 Å². The topological polar surface area (TPSA) is 62.3 Å². The normalized spacial score (nSPS) is 20.4. The SMILES string of the molecule is O=S(=O)(C1CC1)N1CCC(Nc2cc3ccccc3c(Cl)n2)CC1. The molecule has 1 N–H and O–H groups in total. The zero-order chi connectivity index (χ0) is 16.7. The summed E-state index contributed by atoms with van der Waals surface area (Å²) >= 11 is 6.27. The summed E-state index contributed by atoms with van der Waals surface area (Å²) in [6, 6.07) is 10.1. The molecule has 0 amide bonds. The van der Waals surface area contributed by atoms with E-state index in [0.717, 1.165) is 42.3 Å². The Morgan fingerprint density at radius 1 is 1.12 bits per heavy atom. The molecular formula is C17H20ClN3O2S. The van der Waals surface area contributed by atoms with Crippen molar-refractivity contribution in [2.45, 2.75) is 37.0 Å². The van der Waals surface area contributed by atoms with Crippen LogP contribution in [0.1, 0.15) is 25.7 Å². The molecule has 1 saturated carbocycles. The molecule has 0 atom stereocenters. The van der Waals surface area contributed by atoms with Gasteiger partial charge in [-0.15, -0.1) is 0 Å². The van der Waals surface area contributed by atoms with Crippen molar-refractivity contribution < 1.29 is 8.42 Å². The number of halogens is 1. The predicted octanol–water partition coefficient (Wildman–Crippen LogP) is 3.26. The first kappa shape index (κ1) is 16.1. The van der Waals surface area contributed by atoms with Crippen molar-refractivity contribution in [3.05, 3.63) is 35.5 Å². The van der Waals surface area contributed by atoms with Crippen LogP contribution in [0, 0.1) is 0 Å². The van der Waals surface area contributed by atoms with Crippen LogP contribution in [0.15, 0.2) is 30.3 Å². The van der Waals surface area contributed by atoms with Crippen LogP contribution in [0.25, 0.3) is 10.8 Å². The van der Waals surface area contributed by atoms with E-state index in [9.17, 15) is 8.42 Å². The molecule has 24 heavy (non-hydrogen) atoms. The number of sulfonamides is 1. The Morgan fingerprint density at radius 3 is 2.54 bits per heavy atom. The van der Waals surface area contributed by atoms with E-state index in [2.05, 4.69) is 10.3 Å². The van der Waals surface area contributed by atoms with Gasteiger partial charge >= 0.3 is 0 Å². The van der Waals surface area contributed by atoms with Gasteiger partial charge in [0.25, 0.3) is 0 Å². The minimum atomic E-state index is -3.05. The Hall–Kier alpha value is -1.37. The second-order valence-electron chi connectivity index (χ2n) is 6.58. The lowest BCUT2D eigenvalue weighted by molar-refractivity contribution is 0.329. The minimum absolute atomic E-state index is 0.122. The van der Waals surface area contributed by atoms with E-state index in [1.54, 1.807) is 4.31 Å². The highest BCUT2D eigenvalue weighted by molar-refractivity contribution is 7.90. The molecule has 1 aromatic carbocycles. The van der Waals surface area contributed by atoms with Crippen LogP contribution in [-0.2, 0) is 10.0 Å². The lowest BCUT2D eigenvalue weighted by Gasteiger charge is -2.32. The lowest BCUT2D eigenvalue weighted by atomic mass is 10.1. The van der Waals surface area contributed by atoms with Gasteiger partial charge in [0.05, 0.1) is 5.25 Å². The molecule has 2 aliphatic rings. The second-order valence-corrected chi connectivity index (χ2v) is 9.15. The van der Waals surface area contributed by atoms with Crippen molar-refractivity contribution >= 4 is 38.2 Å². The fraction of sp³-hybridized carbons (Fsp3) is 0.471. The number of nitrogens with one attached hydrogen (secondary N) is 1. The third-order valence-corrected chi connectivity index (χ3v) is 7.49. The molecule has 5 nitrogen and oxygen atoms in total. The van der Waals surface area contributed by atoms with Gasteiger partial charge in [-0.1, -0.05) is 35.9 Å². The summed E-state index contributed by atoms with van der Waals surface area (Å²) in [5.41, 5.74) is 0. The number of hydrogen-bond acceptors (Lipinski definition) is 4. The van der Waals surface area contributed by atoms with E-state index in [1.807, 2.05) is 30.3 Å². The van der Waals surface area contributed by atoms with Gasteiger partial charge in [-0.05, 0) is 37.1 Å². The van der Waals surface area contributed by atoms with Gasteiger partial charge in [0, 0.05) is 24.5 Å². The first-order chi connectivity index (χ1) is 11.5. The number of fused-ring (bicyclic) bond motifs is 1. The Kier molecular flexibility index (Phi) is 4.14. The van der Waals surface area contributed by atoms with Gasteiger partial charge in [-0.2, -0.15) is 0 Å². The van der Waals surface area contributed by atoms with Crippen LogP contribution in [0.4, 0.5) is 5.82 Å². The number of nitrogens with zero attached hydrogens (tertiary/aromatic N) is 2. The van der Waals surface area contributed by atoms with E-state index in [1.165, 1.54) is 0 Å². The summed E-state index contributed by atoms with van der Waals surface area (Å²) in [5, 5.41) is 5.77. The predicted molar refractivity (Wildman–Crippen MR) is 96.9 cm³/mol. The van der Waals surface area contributed by atoms with Crippen LogP contribution >= 0.6 is 11.6 Å². The first-order valence-corrected chi connectivity index (χ1v) is 10.2. The number of anilines is 1. The summed E-state index contributed by atoms with van der Waals surface area (Å²) in [5.74, 6) is 0.752. The zero-order valence-corrected chi connectivity index (χ0v) is 14.9. The lowest BCUT2D eigenvalue weighted by Crippen LogP contribution is -2.43. The number of rotatable bonds is 4. The summed E-state index contributed by atoms with van der Waals surface area (Å²) in [4.78, 5) is 4.42. The molecule has 2 heterocycles. The molecular weight excluding hydrogens is 346 g/mol. The van der Waals surface area contributed by atoms with Crippen LogP contribution in [-0.4, -0.2) is 42.1 Å². The zero-order valence-electron chi connectivity index (χ0n) is 13.3. The molecule has 0 unspecified atom stereocenters. The molecule has 2 fully saturated rings. The van der Waals surface area contributed by atoms with Gasteiger partial charge < -0.3 is 5.32 Å². The molecule has 0 bridgehead atoms. The highest BCUT2D eigenvalue weighted by Crippen LogP contribution is 2.33. The molecule has 0 radical (unpaired) electrons. The van der Waals surface area contributed by atoms with Crippen molar-refractivity contribution in [3.63, 3.8) is 0 Å². The number of hydrogen-bond donors (Lipinski definition) is 1. The third-order valence-electron chi connectivity index (χ3n) is 4.81. The Labute approximate surface area is 147 Å². The molecule has 1 aliphatic carbocycles. The summed E-state index contributed by atoms with van der Waals surface area (Å²) in [7, 11) is -3.05. The van der Waals surface area contributed by atoms with Crippen LogP contribution in [0.3, 0.4) is 0 Å². The third kappa shape index (κ3) is 3.10. The van der Waals surface area contributed by atoms with Crippen molar-refractivity contribution in [3.8, 4) is 0 Å². The maximum absolute atomic E-state index is 12.3. The Morgan fingerprint density at radius 2 is 1.83 bits per heavy atom. The molecule has 1 saturated heterocycles. The van der Waals surface area contributed by atoms with Gasteiger partial charge in [0.1, 0.15) is 11.0 Å². The fourth-order valence-corrected chi connectivity index (χ4v) is 5.41. The average molecular weight is 366 g/mol. The quantitative estimate of drug-likeness (QED) is 0.845. The molecule has 4 rings (SSSR count). The van der Waals surface area contributed by atoms with Crippen molar-refractivity contribution in [2.24, 2.45) is 0 Å². The van der Waals surface area contributed by atoms with Gasteiger partial charge in [0.15, 0.2) is 0 Å². The van der Waals surface area contributed by atoms with E-state index in [0.29, 0.717) is 18.2 Å². The summed E-state index contributed by atoms with van der Waals surface area (Å²) in [6.07, 6.45) is 3.22. The molecule has 2 aromatic rings. The Bertz CT molecular complexity index is 859. The summed E-state index contributed by atoms with van der Waals surface area (Å²) in [6.45, 7) is 1.16. The summed E-state index contributed by atoms with van der Waals surface area (Å²) < 4.78 is 26.2. The Balaban J connectivity index is 1.44. The smallest absolute Gasteiger partial charge is 0.216 e. The van der Waals surface area contributed by atoms with Crippen molar-refractivity contribution in [1.29, 1.82) is 0 Å². The molecule has 1 aliphatic heterocycles. The monoisotopic (exact) mass is 365 g/mol. The second kappa shape index (κ2) is 6.17. The van der Waals surface area contributed by atoms with Crippen molar-refractivity contribution in [2.75, 3.05) is 18.4 Å². The van der Waals surface area contributed by atoms with E-state index in [-0.39, 0.29) is 11.3 Å². The van der Waals surface area contributed by atoms with Gasteiger partial charge in [-0.3, -0.25) is 0 Å². The highest BCUT2D eigenvalue weighted by Gasteiger charge is 2.41. The number of pyridine rings is 1.